The zero-order valence-electron chi connectivity index (χ0n) is 7.10. The predicted octanol–water partition coefficient (Wildman–Crippen LogP) is 2.79. The van der Waals surface area contributed by atoms with Crippen molar-refractivity contribution in [2.24, 2.45) is 0 Å². The van der Waals surface area contributed by atoms with Crippen molar-refractivity contribution < 1.29 is 9.13 Å². The molecule has 1 N–H and O–H groups in total. The molecule has 0 aromatic heterocycles. The molecule has 0 atom stereocenters. The molecule has 2 nitrogen and oxygen atoms in total. The van der Waals surface area contributed by atoms with Crippen LogP contribution in [0.2, 0.25) is 0 Å². The Morgan fingerprint density at radius 2 is 2.31 bits per heavy atom. The fraction of sp³-hybridized carbons (Fsp3) is 0.222. The Labute approximate surface area is 89.8 Å². The lowest BCUT2D eigenvalue weighted by atomic mass is 10.2. The van der Waals surface area contributed by atoms with Crippen LogP contribution in [0.5, 0.6) is 0 Å². The fourth-order valence-electron chi connectivity index (χ4n) is 0.865. The van der Waals surface area contributed by atoms with Crippen molar-refractivity contribution in [1.29, 1.82) is 5.41 Å². The van der Waals surface area contributed by atoms with Gasteiger partial charge in [-0.2, -0.15) is 0 Å². The molecular formula is C9H9FINO. The highest BCUT2D eigenvalue weighted by atomic mass is 127. The average Bonchev–Trinajstić information content (AvgIpc) is 2.10. The highest BCUT2D eigenvalue weighted by Gasteiger charge is 2.05. The van der Waals surface area contributed by atoms with Gasteiger partial charge in [0.05, 0.1) is 6.61 Å². The zero-order valence-corrected chi connectivity index (χ0v) is 9.26. The molecule has 1 rings (SSSR count). The van der Waals surface area contributed by atoms with Crippen molar-refractivity contribution in [2.45, 2.75) is 6.92 Å². The number of ether oxygens (including phenoxy) is 1. The highest BCUT2D eigenvalue weighted by molar-refractivity contribution is 14.1. The minimum absolute atomic E-state index is 0.0119. The Balaban J connectivity index is 2.90. The fourth-order valence-corrected chi connectivity index (χ4v) is 1.20. The van der Waals surface area contributed by atoms with E-state index < -0.39 is 0 Å². The van der Waals surface area contributed by atoms with E-state index in [9.17, 15) is 4.39 Å². The van der Waals surface area contributed by atoms with Crippen molar-refractivity contribution in [3.8, 4) is 0 Å². The minimum Gasteiger partial charge on any atom is -0.478 e. The van der Waals surface area contributed by atoms with Crippen molar-refractivity contribution in [1.82, 2.24) is 0 Å². The Morgan fingerprint density at radius 3 is 2.85 bits per heavy atom. The summed E-state index contributed by atoms with van der Waals surface area (Å²) in [7, 11) is 0. The van der Waals surface area contributed by atoms with Crippen LogP contribution in [0.1, 0.15) is 12.5 Å². The van der Waals surface area contributed by atoms with Crippen molar-refractivity contribution >= 4 is 28.5 Å². The van der Waals surface area contributed by atoms with Gasteiger partial charge in [0.2, 0.25) is 5.90 Å². The van der Waals surface area contributed by atoms with E-state index in [1.807, 2.05) is 22.6 Å². The third-order valence-corrected chi connectivity index (χ3v) is 2.35. The van der Waals surface area contributed by atoms with Gasteiger partial charge in [-0.1, -0.05) is 0 Å². The number of hydrogen-bond donors (Lipinski definition) is 1. The lowest BCUT2D eigenvalue weighted by Crippen LogP contribution is -2.05. The van der Waals surface area contributed by atoms with Gasteiger partial charge in [0, 0.05) is 9.13 Å². The molecule has 4 heteroatoms. The van der Waals surface area contributed by atoms with Crippen LogP contribution in [-0.4, -0.2) is 12.5 Å². The third-order valence-electron chi connectivity index (χ3n) is 1.47. The molecule has 13 heavy (non-hydrogen) atoms. The summed E-state index contributed by atoms with van der Waals surface area (Å²) < 4.78 is 18.5. The van der Waals surface area contributed by atoms with Crippen molar-refractivity contribution in [2.75, 3.05) is 6.61 Å². The van der Waals surface area contributed by atoms with E-state index in [-0.39, 0.29) is 11.7 Å². The van der Waals surface area contributed by atoms with Gasteiger partial charge in [0.1, 0.15) is 5.82 Å². The first-order chi connectivity index (χ1) is 6.15. The van der Waals surface area contributed by atoms with E-state index in [1.165, 1.54) is 6.07 Å². The van der Waals surface area contributed by atoms with Gasteiger partial charge in [-0.3, -0.25) is 5.41 Å². The van der Waals surface area contributed by atoms with Crippen LogP contribution in [0.25, 0.3) is 0 Å². The van der Waals surface area contributed by atoms with Crippen molar-refractivity contribution in [3.63, 3.8) is 0 Å². The lowest BCUT2D eigenvalue weighted by molar-refractivity contribution is 0.325. The number of hydrogen-bond acceptors (Lipinski definition) is 2. The molecule has 0 bridgehead atoms. The van der Waals surface area contributed by atoms with Gasteiger partial charge in [-0.05, 0) is 47.7 Å². The van der Waals surface area contributed by atoms with E-state index in [0.29, 0.717) is 15.7 Å². The number of benzene rings is 1. The van der Waals surface area contributed by atoms with E-state index in [4.69, 9.17) is 10.1 Å². The standard InChI is InChI=1S/C9H9FINO/c1-2-13-9(12)6-3-4-8(11)7(10)5-6/h3-5,12H,2H2,1H3. The van der Waals surface area contributed by atoms with Crippen LogP contribution in [-0.2, 0) is 4.74 Å². The Morgan fingerprint density at radius 1 is 1.62 bits per heavy atom. The normalized spacial score (nSPS) is 9.77. The molecule has 0 saturated heterocycles. The molecule has 1 aromatic rings. The van der Waals surface area contributed by atoms with Gasteiger partial charge in [0.25, 0.3) is 0 Å². The molecule has 0 saturated carbocycles. The maximum Gasteiger partial charge on any atom is 0.213 e. The molecular weight excluding hydrogens is 284 g/mol. The largest absolute Gasteiger partial charge is 0.478 e. The summed E-state index contributed by atoms with van der Waals surface area (Å²) in [6, 6.07) is 4.60. The summed E-state index contributed by atoms with van der Waals surface area (Å²) in [4.78, 5) is 0. The lowest BCUT2D eigenvalue weighted by Gasteiger charge is -2.04. The van der Waals surface area contributed by atoms with Crippen LogP contribution in [0.3, 0.4) is 0 Å². The molecule has 0 spiro atoms. The van der Waals surface area contributed by atoms with E-state index in [0.717, 1.165) is 0 Å². The molecule has 0 heterocycles. The molecule has 70 valence electrons. The van der Waals surface area contributed by atoms with E-state index >= 15 is 0 Å². The van der Waals surface area contributed by atoms with Crippen molar-refractivity contribution in [3.05, 3.63) is 33.1 Å². The van der Waals surface area contributed by atoms with Gasteiger partial charge < -0.3 is 4.74 Å². The first-order valence-electron chi connectivity index (χ1n) is 3.82. The molecule has 0 radical (unpaired) electrons. The second-order valence-corrected chi connectivity index (χ2v) is 3.55. The first-order valence-corrected chi connectivity index (χ1v) is 4.89. The quantitative estimate of drug-likeness (QED) is 0.507. The second kappa shape index (κ2) is 4.55. The smallest absolute Gasteiger partial charge is 0.213 e. The van der Waals surface area contributed by atoms with Gasteiger partial charge in [-0.25, -0.2) is 4.39 Å². The Bertz CT molecular complexity index is 327. The zero-order chi connectivity index (χ0) is 9.84. The topological polar surface area (TPSA) is 33.1 Å². The summed E-state index contributed by atoms with van der Waals surface area (Å²) in [5.74, 6) is -0.305. The molecule has 0 aliphatic rings. The van der Waals surface area contributed by atoms with Gasteiger partial charge >= 0.3 is 0 Å². The molecule has 0 aliphatic carbocycles. The summed E-state index contributed by atoms with van der Waals surface area (Å²) >= 11 is 1.90. The summed E-state index contributed by atoms with van der Waals surface area (Å²) in [6.07, 6.45) is 0. The van der Waals surface area contributed by atoms with Crippen LogP contribution < -0.4 is 0 Å². The van der Waals surface area contributed by atoms with Gasteiger partial charge in [0.15, 0.2) is 0 Å². The molecule has 0 aliphatic heterocycles. The van der Waals surface area contributed by atoms with Gasteiger partial charge in [-0.15, -0.1) is 0 Å². The molecule has 0 unspecified atom stereocenters. The molecule has 1 aromatic carbocycles. The van der Waals surface area contributed by atoms with E-state index in [2.05, 4.69) is 0 Å². The Kier molecular flexibility index (Phi) is 3.65. The highest BCUT2D eigenvalue weighted by Crippen LogP contribution is 2.13. The maximum atomic E-state index is 13.0. The summed E-state index contributed by atoms with van der Waals surface area (Å²) in [6.45, 7) is 2.21. The maximum absolute atomic E-state index is 13.0. The van der Waals surface area contributed by atoms with Crippen LogP contribution >= 0.6 is 22.6 Å². The van der Waals surface area contributed by atoms with E-state index in [1.54, 1.807) is 19.1 Å². The number of halogens is 2. The van der Waals surface area contributed by atoms with Crippen LogP contribution in [0.15, 0.2) is 18.2 Å². The first kappa shape index (κ1) is 10.4. The third kappa shape index (κ3) is 2.65. The van der Waals surface area contributed by atoms with Crippen LogP contribution in [0, 0.1) is 14.8 Å². The SMILES string of the molecule is CCOC(=N)c1ccc(I)c(F)c1. The molecule has 0 fully saturated rings. The second-order valence-electron chi connectivity index (χ2n) is 2.39. The molecule has 0 amide bonds. The summed E-state index contributed by atoms with van der Waals surface area (Å²) in [5, 5.41) is 7.41. The summed E-state index contributed by atoms with van der Waals surface area (Å²) in [5.41, 5.74) is 0.472. The minimum atomic E-state index is -0.317. The number of nitrogens with one attached hydrogen (secondary N) is 1. The average molecular weight is 293 g/mol. The monoisotopic (exact) mass is 293 g/mol. The number of rotatable bonds is 2. The van der Waals surface area contributed by atoms with Crippen LogP contribution in [0.4, 0.5) is 4.39 Å². The Hall–Kier alpha value is -0.650. The predicted molar refractivity (Wildman–Crippen MR) is 57.6 cm³/mol.